The molecule has 1 aliphatic rings. The Balaban J connectivity index is 1.68. The summed E-state index contributed by atoms with van der Waals surface area (Å²) in [6.45, 7) is 0. The maximum atomic E-state index is 4.58. The summed E-state index contributed by atoms with van der Waals surface area (Å²) in [7, 11) is 0. The molecule has 0 bridgehead atoms. The maximum absolute atomic E-state index is 4.58. The third-order valence-corrected chi connectivity index (χ3v) is 4.67. The number of rotatable bonds is 4. The molecule has 5 heteroatoms. The lowest BCUT2D eigenvalue weighted by molar-refractivity contribution is 0.615. The van der Waals surface area contributed by atoms with Crippen molar-refractivity contribution >= 4 is 33.4 Å². The molecule has 0 aliphatic heterocycles. The summed E-state index contributed by atoms with van der Waals surface area (Å²) >= 11 is 3.54. The third kappa shape index (κ3) is 4.19. The molecule has 0 spiro atoms. The lowest BCUT2D eigenvalue weighted by Crippen LogP contribution is -2.20. The van der Waals surface area contributed by atoms with Crippen LogP contribution in [-0.2, 0) is 0 Å². The summed E-state index contributed by atoms with van der Waals surface area (Å²) < 4.78 is 1.02. The van der Waals surface area contributed by atoms with E-state index in [-0.39, 0.29) is 0 Å². The average molecular weight is 361 g/mol. The zero-order chi connectivity index (χ0) is 15.2. The summed E-state index contributed by atoms with van der Waals surface area (Å²) in [6, 6.07) is 10.4. The normalized spacial score (nSPS) is 16.0. The lowest BCUT2D eigenvalue weighted by atomic mass is 10.1. The van der Waals surface area contributed by atoms with E-state index in [2.05, 4.69) is 36.5 Å². The molecule has 0 atom stereocenters. The number of nitrogens with one attached hydrogen (secondary N) is 2. The minimum absolute atomic E-state index is 0.501. The minimum atomic E-state index is 0.501. The van der Waals surface area contributed by atoms with Crippen molar-refractivity contribution in [3.8, 4) is 0 Å². The van der Waals surface area contributed by atoms with Gasteiger partial charge in [-0.1, -0.05) is 37.8 Å². The first kappa shape index (κ1) is 15.3. The number of benzene rings is 1. The molecule has 4 nitrogen and oxygen atoms in total. The number of hydrogen-bond donors (Lipinski definition) is 2. The SMILES string of the molecule is Brc1ccccc1Nc1ccnc(NC2CCCCCC2)n1. The molecule has 2 aromatic rings. The summed E-state index contributed by atoms with van der Waals surface area (Å²) in [5.74, 6) is 1.52. The fourth-order valence-electron chi connectivity index (χ4n) is 2.80. The molecule has 3 rings (SSSR count). The molecule has 1 saturated carbocycles. The first-order chi connectivity index (χ1) is 10.8. The number of aromatic nitrogens is 2. The lowest BCUT2D eigenvalue weighted by Gasteiger charge is -2.16. The van der Waals surface area contributed by atoms with Crippen LogP contribution in [0.25, 0.3) is 0 Å². The Bertz CT molecular complexity index is 609. The van der Waals surface area contributed by atoms with Crippen molar-refractivity contribution < 1.29 is 0 Å². The summed E-state index contributed by atoms with van der Waals surface area (Å²) in [6.07, 6.45) is 9.52. The topological polar surface area (TPSA) is 49.8 Å². The quantitative estimate of drug-likeness (QED) is 0.743. The number of hydrogen-bond acceptors (Lipinski definition) is 4. The van der Waals surface area contributed by atoms with Gasteiger partial charge in [-0.05, 0) is 47.0 Å². The van der Waals surface area contributed by atoms with Gasteiger partial charge in [-0.25, -0.2) is 4.98 Å². The second-order valence-electron chi connectivity index (χ2n) is 5.70. The number of halogens is 1. The monoisotopic (exact) mass is 360 g/mol. The van der Waals surface area contributed by atoms with E-state index >= 15 is 0 Å². The van der Waals surface area contributed by atoms with Crippen LogP contribution in [0.1, 0.15) is 38.5 Å². The number of anilines is 3. The Morgan fingerprint density at radius 3 is 2.55 bits per heavy atom. The largest absolute Gasteiger partial charge is 0.351 e. The predicted molar refractivity (Wildman–Crippen MR) is 94.6 cm³/mol. The highest BCUT2D eigenvalue weighted by atomic mass is 79.9. The van der Waals surface area contributed by atoms with Crippen molar-refractivity contribution in [1.29, 1.82) is 0 Å². The van der Waals surface area contributed by atoms with Gasteiger partial charge in [-0.3, -0.25) is 0 Å². The smallest absolute Gasteiger partial charge is 0.224 e. The molecule has 1 aliphatic carbocycles. The van der Waals surface area contributed by atoms with Gasteiger partial charge in [0.1, 0.15) is 5.82 Å². The van der Waals surface area contributed by atoms with Crippen molar-refractivity contribution in [2.45, 2.75) is 44.6 Å². The fraction of sp³-hybridized carbons (Fsp3) is 0.412. The highest BCUT2D eigenvalue weighted by Gasteiger charge is 2.13. The molecular formula is C17H21BrN4. The molecule has 1 heterocycles. The maximum Gasteiger partial charge on any atom is 0.224 e. The van der Waals surface area contributed by atoms with Gasteiger partial charge >= 0.3 is 0 Å². The Morgan fingerprint density at radius 1 is 1.00 bits per heavy atom. The van der Waals surface area contributed by atoms with Crippen LogP contribution in [-0.4, -0.2) is 16.0 Å². The van der Waals surface area contributed by atoms with Crippen LogP contribution in [0.4, 0.5) is 17.5 Å². The molecule has 1 fully saturated rings. The van der Waals surface area contributed by atoms with Crippen molar-refractivity contribution in [3.63, 3.8) is 0 Å². The second-order valence-corrected chi connectivity index (χ2v) is 6.56. The van der Waals surface area contributed by atoms with Crippen LogP contribution >= 0.6 is 15.9 Å². The van der Waals surface area contributed by atoms with Gasteiger partial charge in [0.15, 0.2) is 0 Å². The van der Waals surface area contributed by atoms with E-state index in [1.165, 1.54) is 38.5 Å². The van der Waals surface area contributed by atoms with Crippen LogP contribution < -0.4 is 10.6 Å². The van der Waals surface area contributed by atoms with Crippen molar-refractivity contribution in [2.24, 2.45) is 0 Å². The number of para-hydroxylation sites is 1. The third-order valence-electron chi connectivity index (χ3n) is 3.98. The van der Waals surface area contributed by atoms with E-state index in [0.717, 1.165) is 16.0 Å². The minimum Gasteiger partial charge on any atom is -0.351 e. The highest BCUT2D eigenvalue weighted by Crippen LogP contribution is 2.25. The summed E-state index contributed by atoms with van der Waals surface area (Å²) in [5.41, 5.74) is 1.00. The Morgan fingerprint density at radius 2 is 1.77 bits per heavy atom. The summed E-state index contributed by atoms with van der Waals surface area (Å²) in [4.78, 5) is 8.93. The Labute approximate surface area is 139 Å². The van der Waals surface area contributed by atoms with Crippen LogP contribution in [0.2, 0.25) is 0 Å². The first-order valence-corrected chi connectivity index (χ1v) is 8.72. The Kier molecular flexibility index (Phi) is 5.27. The van der Waals surface area contributed by atoms with Gasteiger partial charge in [-0.2, -0.15) is 4.98 Å². The molecule has 1 aromatic carbocycles. The van der Waals surface area contributed by atoms with Crippen LogP contribution in [0, 0.1) is 0 Å². The highest BCUT2D eigenvalue weighted by molar-refractivity contribution is 9.10. The van der Waals surface area contributed by atoms with Crippen LogP contribution in [0.5, 0.6) is 0 Å². The molecular weight excluding hydrogens is 340 g/mol. The standard InChI is InChI=1S/C17H21BrN4/c18-14-9-5-6-10-15(14)21-16-11-12-19-17(22-16)20-13-7-3-1-2-4-8-13/h5-6,9-13H,1-4,7-8H2,(H2,19,20,21,22). The fourth-order valence-corrected chi connectivity index (χ4v) is 3.19. The van der Waals surface area contributed by atoms with E-state index in [1.54, 1.807) is 6.20 Å². The number of nitrogens with zero attached hydrogens (tertiary/aromatic N) is 2. The molecule has 1 aromatic heterocycles. The molecule has 0 unspecified atom stereocenters. The van der Waals surface area contributed by atoms with Gasteiger partial charge in [0.2, 0.25) is 5.95 Å². The molecule has 0 radical (unpaired) electrons. The average Bonchev–Trinajstić information content (AvgIpc) is 2.79. The van der Waals surface area contributed by atoms with Crippen LogP contribution in [0.15, 0.2) is 41.0 Å². The van der Waals surface area contributed by atoms with E-state index < -0.39 is 0 Å². The molecule has 0 saturated heterocycles. The van der Waals surface area contributed by atoms with E-state index in [4.69, 9.17) is 0 Å². The molecule has 116 valence electrons. The van der Waals surface area contributed by atoms with E-state index in [9.17, 15) is 0 Å². The molecule has 2 N–H and O–H groups in total. The van der Waals surface area contributed by atoms with Gasteiger partial charge in [-0.15, -0.1) is 0 Å². The van der Waals surface area contributed by atoms with Crippen molar-refractivity contribution in [1.82, 2.24) is 9.97 Å². The zero-order valence-corrected chi connectivity index (χ0v) is 14.1. The van der Waals surface area contributed by atoms with Gasteiger partial charge in [0.05, 0.1) is 5.69 Å². The van der Waals surface area contributed by atoms with Gasteiger partial charge in [0.25, 0.3) is 0 Å². The van der Waals surface area contributed by atoms with E-state index in [0.29, 0.717) is 12.0 Å². The van der Waals surface area contributed by atoms with Crippen molar-refractivity contribution in [3.05, 3.63) is 41.0 Å². The predicted octanol–water partition coefficient (Wildman–Crippen LogP) is 5.12. The Hall–Kier alpha value is -1.62. The molecule has 22 heavy (non-hydrogen) atoms. The van der Waals surface area contributed by atoms with Gasteiger partial charge < -0.3 is 10.6 Å². The van der Waals surface area contributed by atoms with E-state index in [1.807, 2.05) is 30.3 Å². The second kappa shape index (κ2) is 7.58. The zero-order valence-electron chi connectivity index (χ0n) is 12.6. The van der Waals surface area contributed by atoms with Gasteiger partial charge in [0, 0.05) is 16.7 Å². The van der Waals surface area contributed by atoms with Crippen LogP contribution in [0.3, 0.4) is 0 Å². The first-order valence-electron chi connectivity index (χ1n) is 7.92. The molecule has 0 amide bonds. The van der Waals surface area contributed by atoms with Crippen molar-refractivity contribution in [2.75, 3.05) is 10.6 Å². The summed E-state index contributed by atoms with van der Waals surface area (Å²) in [5, 5.41) is 6.81.